The number of anilines is 3. The molecule has 5 heteroatoms. The van der Waals surface area contributed by atoms with Crippen molar-refractivity contribution in [3.8, 4) is 0 Å². The number of hydrogen-bond donors (Lipinski definition) is 1. The summed E-state index contributed by atoms with van der Waals surface area (Å²) in [6.45, 7) is 6.19. The van der Waals surface area contributed by atoms with E-state index in [0.717, 1.165) is 30.9 Å². The molecule has 0 atom stereocenters. The maximum atomic E-state index is 12.4. The summed E-state index contributed by atoms with van der Waals surface area (Å²) in [5.41, 5.74) is 4.04. The summed E-state index contributed by atoms with van der Waals surface area (Å²) in [5.74, 6) is -0.155. The van der Waals surface area contributed by atoms with E-state index >= 15 is 0 Å². The van der Waals surface area contributed by atoms with Gasteiger partial charge in [-0.3, -0.25) is 9.59 Å². The second-order valence-electron chi connectivity index (χ2n) is 7.23. The summed E-state index contributed by atoms with van der Waals surface area (Å²) in [6, 6.07) is 15.9. The monoisotopic (exact) mass is 379 g/mol. The van der Waals surface area contributed by atoms with Gasteiger partial charge in [0.2, 0.25) is 11.8 Å². The molecular weight excluding hydrogens is 350 g/mol. The highest BCUT2D eigenvalue weighted by atomic mass is 16.2. The molecule has 0 aliphatic carbocycles. The number of amides is 2. The van der Waals surface area contributed by atoms with Crippen molar-refractivity contribution < 1.29 is 9.59 Å². The molecule has 28 heavy (non-hydrogen) atoms. The summed E-state index contributed by atoms with van der Waals surface area (Å²) in [5, 5.41) is 2.93. The van der Waals surface area contributed by atoms with Crippen LogP contribution in [-0.2, 0) is 16.0 Å². The van der Waals surface area contributed by atoms with Crippen LogP contribution in [0.25, 0.3) is 0 Å². The van der Waals surface area contributed by atoms with Crippen LogP contribution in [0.15, 0.2) is 48.5 Å². The smallest absolute Gasteiger partial charge is 0.226 e. The first-order valence-electron chi connectivity index (χ1n) is 10.1. The lowest BCUT2D eigenvalue weighted by atomic mass is 10.1. The largest absolute Gasteiger partial charge is 0.372 e. The molecule has 1 N–H and O–H groups in total. The molecule has 0 aromatic heterocycles. The zero-order chi connectivity index (χ0) is 19.9. The predicted molar refractivity (Wildman–Crippen MR) is 115 cm³/mol. The maximum Gasteiger partial charge on any atom is 0.226 e. The molecule has 148 valence electrons. The van der Waals surface area contributed by atoms with Crippen LogP contribution in [0.3, 0.4) is 0 Å². The molecule has 0 bridgehead atoms. The van der Waals surface area contributed by atoms with Crippen molar-refractivity contribution in [1.29, 1.82) is 0 Å². The summed E-state index contributed by atoms with van der Waals surface area (Å²) in [7, 11) is 0. The molecule has 2 amide bonds. The first-order chi connectivity index (χ1) is 13.6. The van der Waals surface area contributed by atoms with Gasteiger partial charge in [0.05, 0.1) is 0 Å². The number of hydrogen-bond acceptors (Lipinski definition) is 3. The Morgan fingerprint density at radius 1 is 1.00 bits per heavy atom. The molecule has 2 aromatic rings. The molecule has 0 spiro atoms. The maximum absolute atomic E-state index is 12.4. The van der Waals surface area contributed by atoms with Crippen molar-refractivity contribution in [3.05, 3.63) is 54.1 Å². The predicted octanol–water partition coefficient (Wildman–Crippen LogP) is 4.23. The Hall–Kier alpha value is -2.82. The Balaban J connectivity index is 1.54. The number of rotatable bonds is 7. The van der Waals surface area contributed by atoms with Gasteiger partial charge in [0.25, 0.3) is 0 Å². The van der Waals surface area contributed by atoms with E-state index in [-0.39, 0.29) is 18.2 Å². The molecule has 1 aliphatic heterocycles. The fourth-order valence-corrected chi connectivity index (χ4v) is 3.55. The number of carbonyl (C=O) groups is 2. The Kier molecular flexibility index (Phi) is 6.69. The lowest BCUT2D eigenvalue weighted by molar-refractivity contribution is -0.117. The van der Waals surface area contributed by atoms with Crippen LogP contribution in [0.2, 0.25) is 0 Å². The van der Waals surface area contributed by atoms with E-state index in [9.17, 15) is 9.59 Å². The highest BCUT2D eigenvalue weighted by molar-refractivity contribution is 5.94. The van der Waals surface area contributed by atoms with Gasteiger partial charge in [0.15, 0.2) is 0 Å². The number of nitrogens with zero attached hydrogens (tertiary/aromatic N) is 2. The van der Waals surface area contributed by atoms with Gasteiger partial charge in [-0.15, -0.1) is 0 Å². The van der Waals surface area contributed by atoms with Gasteiger partial charge < -0.3 is 15.1 Å². The number of benzene rings is 2. The zero-order valence-electron chi connectivity index (χ0n) is 16.8. The molecule has 0 unspecified atom stereocenters. The number of aryl methyl sites for hydroxylation is 1. The fraction of sp³-hybridized carbons (Fsp3) is 0.391. The first kappa shape index (κ1) is 19.9. The fourth-order valence-electron chi connectivity index (χ4n) is 3.55. The minimum atomic E-state index is -0.0923. The van der Waals surface area contributed by atoms with E-state index in [4.69, 9.17) is 0 Å². The van der Waals surface area contributed by atoms with Gasteiger partial charge in [-0.25, -0.2) is 0 Å². The molecule has 1 saturated heterocycles. The van der Waals surface area contributed by atoms with E-state index in [1.807, 2.05) is 36.4 Å². The molecular formula is C23H29N3O2. The van der Waals surface area contributed by atoms with Crippen LogP contribution in [-0.4, -0.2) is 31.4 Å². The lowest BCUT2D eigenvalue weighted by Gasteiger charge is -2.21. The Bertz CT molecular complexity index is 794. The van der Waals surface area contributed by atoms with Gasteiger partial charge in [0.1, 0.15) is 0 Å². The van der Waals surface area contributed by atoms with Gasteiger partial charge >= 0.3 is 0 Å². The molecule has 2 aromatic carbocycles. The van der Waals surface area contributed by atoms with Gasteiger partial charge in [-0.1, -0.05) is 19.1 Å². The van der Waals surface area contributed by atoms with Crippen molar-refractivity contribution in [3.63, 3.8) is 0 Å². The van der Waals surface area contributed by atoms with E-state index in [0.29, 0.717) is 6.54 Å². The Labute approximate surface area is 167 Å². The molecule has 5 nitrogen and oxygen atoms in total. The average Bonchev–Trinajstić information content (AvgIpc) is 3.24. The second kappa shape index (κ2) is 9.40. The van der Waals surface area contributed by atoms with E-state index in [1.54, 1.807) is 4.90 Å². The van der Waals surface area contributed by atoms with Crippen LogP contribution < -0.4 is 15.1 Å². The van der Waals surface area contributed by atoms with Crippen molar-refractivity contribution in [2.75, 3.05) is 34.8 Å². The van der Waals surface area contributed by atoms with Crippen LogP contribution in [0.5, 0.6) is 0 Å². The third kappa shape index (κ3) is 5.12. The summed E-state index contributed by atoms with van der Waals surface area (Å²) in [4.78, 5) is 28.4. The topological polar surface area (TPSA) is 52.7 Å². The van der Waals surface area contributed by atoms with Crippen molar-refractivity contribution in [2.45, 2.75) is 39.5 Å². The van der Waals surface area contributed by atoms with Crippen molar-refractivity contribution in [1.82, 2.24) is 0 Å². The van der Waals surface area contributed by atoms with Crippen molar-refractivity contribution >= 4 is 28.9 Å². The molecule has 1 heterocycles. The SMILES string of the molecule is CCc1ccc(N(CCC(=O)Nc2ccc(N3CCCC3)cc2)C(C)=O)cc1. The lowest BCUT2D eigenvalue weighted by Crippen LogP contribution is -2.31. The summed E-state index contributed by atoms with van der Waals surface area (Å²) >= 11 is 0. The molecule has 0 saturated carbocycles. The quantitative estimate of drug-likeness (QED) is 0.783. The molecule has 1 aliphatic rings. The summed E-state index contributed by atoms with van der Waals surface area (Å²) < 4.78 is 0. The minimum absolute atomic E-state index is 0.0629. The average molecular weight is 380 g/mol. The third-order valence-electron chi connectivity index (χ3n) is 5.22. The van der Waals surface area contributed by atoms with Crippen LogP contribution in [0.4, 0.5) is 17.1 Å². The Morgan fingerprint density at radius 2 is 1.64 bits per heavy atom. The highest BCUT2D eigenvalue weighted by Gasteiger charge is 2.14. The van der Waals surface area contributed by atoms with Gasteiger partial charge in [-0.2, -0.15) is 0 Å². The molecule has 1 fully saturated rings. The normalized spacial score (nSPS) is 13.4. The molecule has 3 rings (SSSR count). The number of nitrogens with one attached hydrogen (secondary N) is 1. The van der Waals surface area contributed by atoms with Crippen LogP contribution in [0.1, 0.15) is 38.7 Å². The van der Waals surface area contributed by atoms with E-state index in [2.05, 4.69) is 29.3 Å². The van der Waals surface area contributed by atoms with E-state index in [1.165, 1.54) is 31.0 Å². The second-order valence-corrected chi connectivity index (χ2v) is 7.23. The Morgan fingerprint density at radius 3 is 2.21 bits per heavy atom. The molecule has 0 radical (unpaired) electrons. The highest BCUT2D eigenvalue weighted by Crippen LogP contribution is 2.22. The standard InChI is InChI=1S/C23H29N3O2/c1-3-19-6-10-22(11-7-19)26(18(2)27)17-14-23(28)24-20-8-12-21(13-9-20)25-15-4-5-16-25/h6-13H,3-5,14-17H2,1-2H3,(H,24,28). The van der Waals surface area contributed by atoms with Crippen LogP contribution >= 0.6 is 0 Å². The zero-order valence-corrected chi connectivity index (χ0v) is 16.8. The number of carbonyl (C=O) groups excluding carboxylic acids is 2. The van der Waals surface area contributed by atoms with Crippen molar-refractivity contribution in [2.24, 2.45) is 0 Å². The van der Waals surface area contributed by atoms with Gasteiger partial charge in [-0.05, 0) is 61.2 Å². The van der Waals surface area contributed by atoms with Crippen LogP contribution in [0, 0.1) is 0 Å². The van der Waals surface area contributed by atoms with Gasteiger partial charge in [0, 0.05) is 50.0 Å². The van der Waals surface area contributed by atoms with E-state index < -0.39 is 0 Å². The summed E-state index contributed by atoms with van der Waals surface area (Å²) in [6.07, 6.45) is 3.70. The third-order valence-corrected chi connectivity index (χ3v) is 5.22. The first-order valence-corrected chi connectivity index (χ1v) is 10.1. The minimum Gasteiger partial charge on any atom is -0.372 e.